The summed E-state index contributed by atoms with van der Waals surface area (Å²) in [6, 6.07) is 15.1. The minimum Gasteiger partial charge on any atom is -0.323 e. The number of nitrogens with zero attached hydrogens (tertiary/aromatic N) is 2. The summed E-state index contributed by atoms with van der Waals surface area (Å²) in [6.45, 7) is 0.757. The maximum Gasteiger partial charge on any atom is 0.123 e. The van der Waals surface area contributed by atoms with Gasteiger partial charge in [-0.15, -0.1) is 0 Å². The fourth-order valence-corrected chi connectivity index (χ4v) is 3.71. The van der Waals surface area contributed by atoms with Crippen LogP contribution < -0.4 is 0 Å². The lowest BCUT2D eigenvalue weighted by Crippen LogP contribution is -2.13. The molecule has 2 aromatic carbocycles. The molecule has 0 amide bonds. The first-order valence-electron chi connectivity index (χ1n) is 8.51. The SMILES string of the molecule is Fc1ccc(Cn2c(C3CCCCC3)nc3ccccc32)cc1. The monoisotopic (exact) mass is 308 g/mol. The molecule has 0 atom stereocenters. The van der Waals surface area contributed by atoms with Crippen LogP contribution in [0.3, 0.4) is 0 Å². The zero-order valence-corrected chi connectivity index (χ0v) is 13.2. The molecule has 118 valence electrons. The number of benzene rings is 2. The average Bonchev–Trinajstić information content (AvgIpc) is 2.96. The highest BCUT2D eigenvalue weighted by Gasteiger charge is 2.22. The number of aromatic nitrogens is 2. The lowest BCUT2D eigenvalue weighted by Gasteiger charge is -2.22. The van der Waals surface area contributed by atoms with Gasteiger partial charge in [-0.1, -0.05) is 43.5 Å². The summed E-state index contributed by atoms with van der Waals surface area (Å²) in [6.07, 6.45) is 6.39. The standard InChI is InChI=1S/C20H21FN2/c21-17-12-10-15(11-13-17)14-23-19-9-5-4-8-18(19)22-20(23)16-6-2-1-3-7-16/h4-5,8-13,16H,1-3,6-7,14H2. The molecule has 1 aliphatic rings. The van der Waals surface area contributed by atoms with Crippen molar-refractivity contribution in [1.82, 2.24) is 9.55 Å². The van der Waals surface area contributed by atoms with E-state index in [1.807, 2.05) is 18.2 Å². The third-order valence-electron chi connectivity index (χ3n) is 4.91. The third kappa shape index (κ3) is 2.88. The summed E-state index contributed by atoms with van der Waals surface area (Å²) in [7, 11) is 0. The number of rotatable bonds is 3. The second-order valence-corrected chi connectivity index (χ2v) is 6.51. The molecule has 1 saturated carbocycles. The Bertz CT molecular complexity index is 798. The fraction of sp³-hybridized carbons (Fsp3) is 0.350. The second kappa shape index (κ2) is 6.15. The van der Waals surface area contributed by atoms with E-state index in [4.69, 9.17) is 4.98 Å². The van der Waals surface area contributed by atoms with Gasteiger partial charge in [0.25, 0.3) is 0 Å². The van der Waals surface area contributed by atoms with E-state index in [-0.39, 0.29) is 5.82 Å². The van der Waals surface area contributed by atoms with E-state index in [0.717, 1.165) is 17.6 Å². The molecule has 0 saturated heterocycles. The van der Waals surface area contributed by atoms with Gasteiger partial charge in [0.05, 0.1) is 11.0 Å². The van der Waals surface area contributed by atoms with Gasteiger partial charge < -0.3 is 4.57 Å². The van der Waals surface area contributed by atoms with Gasteiger partial charge in [-0.25, -0.2) is 9.37 Å². The number of halogens is 1. The molecule has 1 heterocycles. The molecule has 3 aromatic rings. The summed E-state index contributed by atoms with van der Waals surface area (Å²) in [5, 5.41) is 0. The molecular formula is C20H21FN2. The number of para-hydroxylation sites is 2. The first-order chi connectivity index (χ1) is 11.3. The smallest absolute Gasteiger partial charge is 0.123 e. The first-order valence-corrected chi connectivity index (χ1v) is 8.51. The molecule has 23 heavy (non-hydrogen) atoms. The summed E-state index contributed by atoms with van der Waals surface area (Å²) in [5.74, 6) is 1.57. The summed E-state index contributed by atoms with van der Waals surface area (Å²) >= 11 is 0. The van der Waals surface area contributed by atoms with Crippen LogP contribution in [0, 0.1) is 5.82 Å². The van der Waals surface area contributed by atoms with Crippen LogP contribution in [0.1, 0.15) is 49.4 Å². The van der Waals surface area contributed by atoms with Gasteiger partial charge in [-0.2, -0.15) is 0 Å². The van der Waals surface area contributed by atoms with Crippen LogP contribution >= 0.6 is 0 Å². The number of fused-ring (bicyclic) bond motifs is 1. The summed E-state index contributed by atoms with van der Waals surface area (Å²) in [5.41, 5.74) is 3.36. The Balaban J connectivity index is 1.77. The van der Waals surface area contributed by atoms with Gasteiger partial charge in [0.15, 0.2) is 0 Å². The van der Waals surface area contributed by atoms with Crippen molar-refractivity contribution in [2.75, 3.05) is 0 Å². The Labute approximate surface area is 136 Å². The Kier molecular flexibility index (Phi) is 3.86. The molecule has 0 unspecified atom stereocenters. The zero-order valence-electron chi connectivity index (χ0n) is 13.2. The van der Waals surface area contributed by atoms with Gasteiger partial charge >= 0.3 is 0 Å². The third-order valence-corrected chi connectivity index (χ3v) is 4.91. The molecule has 0 aliphatic heterocycles. The summed E-state index contributed by atoms with van der Waals surface area (Å²) < 4.78 is 15.5. The van der Waals surface area contributed by atoms with Crippen molar-refractivity contribution in [3.8, 4) is 0 Å². The van der Waals surface area contributed by atoms with Crippen LogP contribution in [0.4, 0.5) is 4.39 Å². The minimum absolute atomic E-state index is 0.184. The van der Waals surface area contributed by atoms with Crippen molar-refractivity contribution >= 4 is 11.0 Å². The van der Waals surface area contributed by atoms with Gasteiger partial charge in [0, 0.05) is 12.5 Å². The van der Waals surface area contributed by atoms with Gasteiger partial charge in [-0.05, 0) is 42.7 Å². The molecular weight excluding hydrogens is 287 g/mol. The quantitative estimate of drug-likeness (QED) is 0.644. The Morgan fingerprint density at radius 1 is 0.957 bits per heavy atom. The van der Waals surface area contributed by atoms with Crippen molar-refractivity contribution in [2.24, 2.45) is 0 Å². The van der Waals surface area contributed by atoms with E-state index in [2.05, 4.69) is 22.8 Å². The van der Waals surface area contributed by atoms with E-state index < -0.39 is 0 Å². The van der Waals surface area contributed by atoms with E-state index in [0.29, 0.717) is 5.92 Å². The molecule has 0 spiro atoms. The van der Waals surface area contributed by atoms with Crippen LogP contribution in [-0.4, -0.2) is 9.55 Å². The highest BCUT2D eigenvalue weighted by atomic mass is 19.1. The van der Waals surface area contributed by atoms with E-state index in [1.54, 1.807) is 0 Å². The topological polar surface area (TPSA) is 17.8 Å². The van der Waals surface area contributed by atoms with Crippen molar-refractivity contribution in [2.45, 2.75) is 44.6 Å². The largest absolute Gasteiger partial charge is 0.323 e. The predicted octanol–water partition coefficient (Wildman–Crippen LogP) is 5.27. The lowest BCUT2D eigenvalue weighted by molar-refractivity contribution is 0.420. The number of hydrogen-bond donors (Lipinski definition) is 0. The molecule has 3 heteroatoms. The van der Waals surface area contributed by atoms with E-state index >= 15 is 0 Å². The zero-order chi connectivity index (χ0) is 15.6. The molecule has 4 rings (SSSR count). The van der Waals surface area contributed by atoms with Crippen molar-refractivity contribution in [3.05, 3.63) is 65.7 Å². The number of imidazole rings is 1. The Morgan fingerprint density at radius 3 is 2.48 bits per heavy atom. The number of hydrogen-bond acceptors (Lipinski definition) is 1. The van der Waals surface area contributed by atoms with E-state index in [1.165, 1.54) is 55.6 Å². The fourth-order valence-electron chi connectivity index (χ4n) is 3.71. The molecule has 1 aliphatic carbocycles. The normalized spacial score (nSPS) is 16.0. The van der Waals surface area contributed by atoms with Gasteiger partial charge in [0.2, 0.25) is 0 Å². The Hall–Kier alpha value is -2.16. The van der Waals surface area contributed by atoms with Crippen LogP contribution in [0.15, 0.2) is 48.5 Å². The highest BCUT2D eigenvalue weighted by Crippen LogP contribution is 2.34. The predicted molar refractivity (Wildman–Crippen MR) is 91.1 cm³/mol. The Morgan fingerprint density at radius 2 is 1.70 bits per heavy atom. The molecule has 1 fully saturated rings. The molecule has 2 nitrogen and oxygen atoms in total. The van der Waals surface area contributed by atoms with Crippen molar-refractivity contribution < 1.29 is 4.39 Å². The lowest BCUT2D eigenvalue weighted by atomic mass is 9.88. The average molecular weight is 308 g/mol. The van der Waals surface area contributed by atoms with Crippen LogP contribution in [0.25, 0.3) is 11.0 Å². The van der Waals surface area contributed by atoms with Crippen molar-refractivity contribution in [3.63, 3.8) is 0 Å². The van der Waals surface area contributed by atoms with Gasteiger partial charge in [-0.3, -0.25) is 0 Å². The molecule has 0 N–H and O–H groups in total. The molecule has 0 radical (unpaired) electrons. The van der Waals surface area contributed by atoms with Crippen molar-refractivity contribution in [1.29, 1.82) is 0 Å². The van der Waals surface area contributed by atoms with Crippen LogP contribution in [0.5, 0.6) is 0 Å². The summed E-state index contributed by atoms with van der Waals surface area (Å²) in [4.78, 5) is 4.94. The van der Waals surface area contributed by atoms with Gasteiger partial charge in [0.1, 0.15) is 11.6 Å². The van der Waals surface area contributed by atoms with Crippen LogP contribution in [-0.2, 0) is 6.54 Å². The highest BCUT2D eigenvalue weighted by molar-refractivity contribution is 5.76. The molecule has 1 aromatic heterocycles. The molecule has 0 bridgehead atoms. The second-order valence-electron chi connectivity index (χ2n) is 6.51. The maximum atomic E-state index is 13.2. The maximum absolute atomic E-state index is 13.2. The van der Waals surface area contributed by atoms with E-state index in [9.17, 15) is 4.39 Å². The van der Waals surface area contributed by atoms with Crippen LogP contribution in [0.2, 0.25) is 0 Å². The first kappa shape index (κ1) is 14.4. The minimum atomic E-state index is -0.184.